The van der Waals surface area contributed by atoms with E-state index >= 15 is 0 Å². The molecule has 62 valence electrons. The maximum Gasteiger partial charge on any atom is 0.367 e. The minimum Gasteiger partial charge on any atom is -0.451 e. The molecule has 0 bridgehead atoms. The van der Waals surface area contributed by atoms with E-state index in [-0.39, 0.29) is 9.58 Å². The third-order valence-electron chi connectivity index (χ3n) is 5.64. The summed E-state index contributed by atoms with van der Waals surface area (Å²) in [7, 11) is 0. The van der Waals surface area contributed by atoms with E-state index in [2.05, 4.69) is 0 Å². The molecule has 0 saturated heterocycles. The monoisotopic (exact) mass is 274 g/mol. The first-order valence-corrected chi connectivity index (χ1v) is 5.75. The van der Waals surface area contributed by atoms with Gasteiger partial charge in [-0.3, -0.25) is 0 Å². The average Bonchev–Trinajstić information content (AvgIpc) is 2.04. The Balaban J connectivity index is 1.60. The fourth-order valence-electron chi connectivity index (χ4n) is 5.67. The van der Waals surface area contributed by atoms with Crippen LogP contribution >= 0.6 is 22.6 Å². The average molecular weight is 274 g/mol. The maximum absolute atomic E-state index is 10.9. The zero-order valence-corrected chi connectivity index (χ0v) is 8.39. The van der Waals surface area contributed by atoms with Crippen LogP contribution in [0.25, 0.3) is 0 Å². The molecule has 3 heteroatoms. The fraction of sp³-hybridized carbons (Fsp3) is 0.889. The van der Waals surface area contributed by atoms with Crippen LogP contribution in [0.2, 0.25) is 0 Å². The van der Waals surface area contributed by atoms with E-state index in [1.807, 2.05) is 0 Å². The van der Waals surface area contributed by atoms with Gasteiger partial charge >= 0.3 is 3.98 Å². The van der Waals surface area contributed by atoms with Crippen LogP contribution in [-0.2, 0) is 4.74 Å². The lowest BCUT2D eigenvalue weighted by molar-refractivity contribution is -0.616. The molecule has 6 aliphatic rings. The maximum atomic E-state index is 10.9. The molecule has 6 fully saturated rings. The zero-order chi connectivity index (χ0) is 7.83. The molecule has 0 radical (unpaired) electrons. The molecule has 0 aliphatic heterocycles. The summed E-state index contributed by atoms with van der Waals surface area (Å²) in [4.78, 5) is 10.9. The number of rotatable bonds is 1. The first-order valence-electron chi connectivity index (χ1n) is 4.67. The van der Waals surface area contributed by atoms with Gasteiger partial charge in [0.2, 0.25) is 0 Å². The van der Waals surface area contributed by atoms with Crippen molar-refractivity contribution in [3.8, 4) is 0 Å². The molecule has 12 heavy (non-hydrogen) atoms. The van der Waals surface area contributed by atoms with Gasteiger partial charge in [-0.1, -0.05) is 0 Å². The van der Waals surface area contributed by atoms with E-state index in [1.54, 1.807) is 22.6 Å². The van der Waals surface area contributed by atoms with Crippen LogP contribution < -0.4 is 0 Å². The quantitative estimate of drug-likeness (QED) is 0.537. The van der Waals surface area contributed by atoms with Crippen molar-refractivity contribution in [2.45, 2.75) is 5.60 Å². The Hall–Kier alpha value is 0.200. The Kier molecular flexibility index (Phi) is 0.582. The molecule has 0 aromatic heterocycles. The van der Waals surface area contributed by atoms with Gasteiger partial charge in [0.15, 0.2) is 0 Å². The largest absolute Gasteiger partial charge is 0.451 e. The lowest BCUT2D eigenvalue weighted by Gasteiger charge is -3.05. The highest BCUT2D eigenvalue weighted by atomic mass is 127. The number of carbonyl (C=O) groups is 1. The Bertz CT molecular complexity index is 300. The smallest absolute Gasteiger partial charge is 0.367 e. The van der Waals surface area contributed by atoms with Crippen LogP contribution in [0.5, 0.6) is 0 Å². The highest BCUT2D eigenvalue weighted by molar-refractivity contribution is 14.1. The van der Waals surface area contributed by atoms with Crippen LogP contribution in [-0.4, -0.2) is 9.58 Å². The minimum absolute atomic E-state index is 0.0803. The summed E-state index contributed by atoms with van der Waals surface area (Å²) in [6.45, 7) is 0. The molecule has 6 rings (SSSR count). The summed E-state index contributed by atoms with van der Waals surface area (Å²) in [6.07, 6.45) is 0. The Morgan fingerprint density at radius 2 is 1.58 bits per heavy atom. The van der Waals surface area contributed by atoms with Gasteiger partial charge in [0.05, 0.1) is 22.6 Å². The van der Waals surface area contributed by atoms with Crippen molar-refractivity contribution >= 4 is 26.6 Å². The van der Waals surface area contributed by atoms with Crippen molar-refractivity contribution in [3.05, 3.63) is 0 Å². The van der Waals surface area contributed by atoms with Crippen LogP contribution in [0.15, 0.2) is 0 Å². The van der Waals surface area contributed by atoms with E-state index in [0.717, 1.165) is 41.4 Å². The van der Waals surface area contributed by atoms with E-state index in [0.29, 0.717) is 0 Å². The fourth-order valence-corrected chi connectivity index (χ4v) is 6.05. The lowest BCUT2D eigenvalue weighted by atomic mass is 8.99. The summed E-state index contributed by atoms with van der Waals surface area (Å²) in [6, 6.07) is 0. The van der Waals surface area contributed by atoms with Gasteiger partial charge in [-0.05, 0) is 23.7 Å². The second kappa shape index (κ2) is 1.20. The second-order valence-electron chi connectivity index (χ2n) is 5.08. The molecule has 0 aromatic carbocycles. The van der Waals surface area contributed by atoms with Gasteiger partial charge in [0, 0.05) is 17.8 Å². The standard InChI is InChI=1S/C9H7IO2/c10-8(11)12-9-5-2-1-3(5)7(9)4(1)6(2)9/h1-7H. The second-order valence-corrected chi connectivity index (χ2v) is 5.96. The van der Waals surface area contributed by atoms with Crippen molar-refractivity contribution in [3.63, 3.8) is 0 Å². The van der Waals surface area contributed by atoms with Crippen molar-refractivity contribution in [2.24, 2.45) is 41.4 Å². The van der Waals surface area contributed by atoms with E-state index in [1.165, 1.54) is 0 Å². The van der Waals surface area contributed by atoms with Gasteiger partial charge in [-0.15, -0.1) is 0 Å². The molecule has 0 heterocycles. The highest BCUT2D eigenvalue weighted by Crippen LogP contribution is 3.03. The Morgan fingerprint density at radius 1 is 1.08 bits per heavy atom. The van der Waals surface area contributed by atoms with Gasteiger partial charge < -0.3 is 4.74 Å². The summed E-state index contributed by atoms with van der Waals surface area (Å²) in [5.41, 5.74) is 0.132. The predicted molar refractivity (Wildman–Crippen MR) is 47.7 cm³/mol. The van der Waals surface area contributed by atoms with E-state index in [4.69, 9.17) is 4.74 Å². The van der Waals surface area contributed by atoms with Crippen molar-refractivity contribution < 1.29 is 9.53 Å². The van der Waals surface area contributed by atoms with E-state index < -0.39 is 0 Å². The molecular weight excluding hydrogens is 267 g/mol. The molecule has 0 aromatic rings. The number of ether oxygens (including phenoxy) is 1. The summed E-state index contributed by atoms with van der Waals surface area (Å²) < 4.78 is 5.42. The van der Waals surface area contributed by atoms with Gasteiger partial charge in [-0.2, -0.15) is 0 Å². The third-order valence-corrected chi connectivity index (χ3v) is 5.86. The van der Waals surface area contributed by atoms with Crippen LogP contribution in [0.1, 0.15) is 0 Å². The summed E-state index contributed by atoms with van der Waals surface area (Å²) in [5, 5.41) is 0. The SMILES string of the molecule is O=C(I)OC12C3C4C5C3C1C5C42. The molecule has 0 amide bonds. The van der Waals surface area contributed by atoms with Crippen LogP contribution in [0.3, 0.4) is 0 Å². The molecule has 0 spiro atoms. The lowest BCUT2D eigenvalue weighted by Crippen LogP contribution is -3.09. The molecule has 6 saturated carbocycles. The number of hydrogen-bond donors (Lipinski definition) is 0. The van der Waals surface area contributed by atoms with Crippen LogP contribution in [0.4, 0.5) is 4.79 Å². The molecule has 2 nitrogen and oxygen atoms in total. The number of carbonyl (C=O) groups excluding carboxylic acids is 1. The number of halogens is 1. The first-order chi connectivity index (χ1) is 5.78. The molecule has 0 atom stereocenters. The zero-order valence-electron chi connectivity index (χ0n) is 6.24. The Labute approximate surface area is 83.2 Å². The van der Waals surface area contributed by atoms with Crippen molar-refractivity contribution in [1.82, 2.24) is 0 Å². The molecular formula is C9H7IO2. The van der Waals surface area contributed by atoms with Crippen molar-refractivity contribution in [1.29, 1.82) is 0 Å². The summed E-state index contributed by atoms with van der Waals surface area (Å²) in [5.74, 6) is 6.66. The first kappa shape index (κ1) is 5.83. The minimum atomic E-state index is -0.0803. The third kappa shape index (κ3) is 0.246. The molecule has 0 N–H and O–H groups in total. The van der Waals surface area contributed by atoms with Crippen LogP contribution in [0, 0.1) is 41.4 Å². The van der Waals surface area contributed by atoms with Crippen molar-refractivity contribution in [2.75, 3.05) is 0 Å². The Morgan fingerprint density at radius 3 is 2.00 bits per heavy atom. The normalized spacial score (nSPS) is 81.6. The van der Waals surface area contributed by atoms with Gasteiger partial charge in [0.25, 0.3) is 0 Å². The highest BCUT2D eigenvalue weighted by Gasteiger charge is 3.06. The predicted octanol–water partition coefficient (Wildman–Crippen LogP) is 1.68. The molecule has 0 unspecified atom stereocenters. The van der Waals surface area contributed by atoms with E-state index in [9.17, 15) is 4.79 Å². The van der Waals surface area contributed by atoms with Gasteiger partial charge in [0.1, 0.15) is 5.60 Å². The number of hydrogen-bond acceptors (Lipinski definition) is 2. The molecule has 6 aliphatic carbocycles. The topological polar surface area (TPSA) is 26.3 Å². The van der Waals surface area contributed by atoms with Gasteiger partial charge in [-0.25, -0.2) is 4.79 Å². The summed E-state index contributed by atoms with van der Waals surface area (Å²) >= 11 is 1.77.